The van der Waals surface area contributed by atoms with Crippen molar-refractivity contribution in [2.24, 2.45) is 0 Å². The van der Waals surface area contributed by atoms with Crippen LogP contribution in [0.4, 0.5) is 22.7 Å². The van der Waals surface area contributed by atoms with Gasteiger partial charge < -0.3 is 23.2 Å². The number of benzene rings is 15. The average molecular weight is 1290 g/mol. The highest BCUT2D eigenvalue weighted by molar-refractivity contribution is 7.00. The maximum absolute atomic E-state index is 6.67. The molecule has 0 aliphatic carbocycles. The Hall–Kier alpha value is -12.6. The maximum atomic E-state index is 6.67. The summed E-state index contributed by atoms with van der Waals surface area (Å²) in [6.07, 6.45) is 1.53. The lowest BCUT2D eigenvalue weighted by Gasteiger charge is -2.45. The number of fused-ring (bicyclic) bond motifs is 13. The van der Waals surface area contributed by atoms with Crippen LogP contribution in [0.2, 0.25) is 0 Å². The molecule has 5 heterocycles. The van der Waals surface area contributed by atoms with Crippen LogP contribution in [0.3, 0.4) is 0 Å². The van der Waals surface area contributed by atoms with E-state index in [-0.39, 0.29) is 6.71 Å². The van der Waals surface area contributed by atoms with Gasteiger partial charge in [-0.05, 0) is 185 Å². The average Bonchev–Trinajstić information content (AvgIpc) is 1.16. The lowest BCUT2D eigenvalue weighted by Crippen LogP contribution is -2.62. The number of rotatable bonds is 14. The summed E-state index contributed by atoms with van der Waals surface area (Å²) in [6, 6.07) is 126. The number of aromatic nitrogens is 1. The first-order chi connectivity index (χ1) is 50.1. The van der Waals surface area contributed by atoms with Crippen molar-refractivity contribution in [3.05, 3.63) is 356 Å². The van der Waals surface area contributed by atoms with Gasteiger partial charge in [-0.2, -0.15) is 0 Å². The molecule has 0 saturated heterocycles. The van der Waals surface area contributed by atoms with Crippen molar-refractivity contribution in [1.82, 2.24) is 4.57 Å². The first-order valence-corrected chi connectivity index (χ1v) is 35.3. The zero-order valence-electron chi connectivity index (χ0n) is 55.6. The van der Waals surface area contributed by atoms with Gasteiger partial charge in [0.05, 0.1) is 0 Å². The summed E-state index contributed by atoms with van der Waals surface area (Å²) in [7, 11) is 0. The molecule has 2 aliphatic heterocycles. The van der Waals surface area contributed by atoms with Gasteiger partial charge >= 0.3 is 0 Å². The zero-order valence-corrected chi connectivity index (χ0v) is 55.6. The predicted molar refractivity (Wildman–Crippen MR) is 424 cm³/mol. The van der Waals surface area contributed by atoms with Crippen molar-refractivity contribution in [1.29, 1.82) is 0 Å². The molecule has 0 radical (unpaired) electrons. The van der Waals surface area contributed by atoms with Crippen LogP contribution < -0.4 is 26.2 Å². The molecule has 0 N–H and O–H groups in total. The highest BCUT2D eigenvalue weighted by atomic mass is 16.3. The van der Waals surface area contributed by atoms with Gasteiger partial charge in [0.15, 0.2) is 0 Å². The number of furan rings is 2. The van der Waals surface area contributed by atoms with E-state index in [4.69, 9.17) is 8.83 Å². The fourth-order valence-corrected chi connectivity index (χ4v) is 17.0. The predicted octanol–water partition coefficient (Wildman–Crippen LogP) is 22.5. The highest BCUT2D eigenvalue weighted by Gasteiger charge is 2.43. The first-order valence-electron chi connectivity index (χ1n) is 35.3. The Kier molecular flexibility index (Phi) is 14.0. The molecule has 20 rings (SSSR count). The zero-order chi connectivity index (χ0) is 66.5. The second-order valence-electron chi connectivity index (χ2n) is 27.2. The SMILES string of the molecule is c1ccc(-c2cccc(-c3ccccc3)c2CCN2c3ccc(-c4ccc5c(c4)oc4ccccc45)cc3B3c4cc(-c5ccc6c(c5)oc5ccccc56)ccc4N(CCc4c(-c5ccccc5)cccc4-c4ccccc4)c4cc(Cn5c6ccccc6c6ccccc65)cc2c43)cc1. The molecule has 0 unspecified atom stereocenters. The Morgan fingerprint density at radius 2 is 0.604 bits per heavy atom. The number of anilines is 4. The molecular formula is C95H66BN3O2. The number of hydrogen-bond acceptors (Lipinski definition) is 4. The summed E-state index contributed by atoms with van der Waals surface area (Å²) in [4.78, 5) is 5.42. The Labute approximate surface area is 586 Å². The third-order valence-electron chi connectivity index (χ3n) is 21.6. The monoisotopic (exact) mass is 1290 g/mol. The van der Waals surface area contributed by atoms with Gasteiger partial charge in [0.25, 0.3) is 6.71 Å². The summed E-state index contributed by atoms with van der Waals surface area (Å²) >= 11 is 0. The summed E-state index contributed by atoms with van der Waals surface area (Å²) < 4.78 is 15.9. The van der Waals surface area contributed by atoms with Crippen LogP contribution in [0.25, 0.3) is 132 Å². The van der Waals surface area contributed by atoms with Gasteiger partial charge in [-0.3, -0.25) is 0 Å². The Morgan fingerprint density at radius 1 is 0.257 bits per heavy atom. The van der Waals surface area contributed by atoms with Gasteiger partial charge in [0, 0.05) is 85.7 Å². The van der Waals surface area contributed by atoms with E-state index in [9.17, 15) is 0 Å². The van der Waals surface area contributed by atoms with Crippen molar-refractivity contribution >= 4 is 112 Å². The molecule has 0 saturated carbocycles. The third kappa shape index (κ3) is 9.92. The van der Waals surface area contributed by atoms with E-state index < -0.39 is 0 Å². The summed E-state index contributed by atoms with van der Waals surface area (Å²) in [5.74, 6) is 0. The molecule has 0 amide bonds. The molecule has 0 bridgehead atoms. The molecule has 2 aliphatic rings. The normalized spacial score (nSPS) is 12.5. The fraction of sp³-hybridized carbons (Fsp3) is 0.0526. The van der Waals surface area contributed by atoms with Gasteiger partial charge in [0.1, 0.15) is 22.3 Å². The second kappa shape index (κ2) is 24.1. The van der Waals surface area contributed by atoms with Crippen LogP contribution in [0.15, 0.2) is 349 Å². The smallest absolute Gasteiger partial charge is 0.252 e. The summed E-state index contributed by atoms with van der Waals surface area (Å²) in [5.41, 5.74) is 32.9. The quantitative estimate of drug-likeness (QED) is 0.102. The van der Waals surface area contributed by atoms with Gasteiger partial charge in [-0.25, -0.2) is 0 Å². The topological polar surface area (TPSA) is 37.7 Å². The third-order valence-corrected chi connectivity index (χ3v) is 21.6. The number of nitrogens with zero attached hydrogens (tertiary/aromatic N) is 3. The molecule has 0 fully saturated rings. The van der Waals surface area contributed by atoms with E-state index in [1.807, 2.05) is 0 Å². The van der Waals surface area contributed by atoms with E-state index in [1.165, 1.54) is 122 Å². The molecule has 0 spiro atoms. The largest absolute Gasteiger partial charge is 0.456 e. The minimum Gasteiger partial charge on any atom is -0.456 e. The lowest BCUT2D eigenvalue weighted by atomic mass is 9.33. The van der Waals surface area contributed by atoms with Crippen LogP contribution in [0, 0.1) is 0 Å². The Bertz CT molecular complexity index is 5780. The minimum atomic E-state index is -0.183. The number of hydrogen-bond donors (Lipinski definition) is 0. The summed E-state index contributed by atoms with van der Waals surface area (Å²) in [6.45, 7) is 1.89. The number of para-hydroxylation sites is 4. The van der Waals surface area contributed by atoms with E-state index in [0.717, 1.165) is 79.0 Å². The minimum absolute atomic E-state index is 0.183. The molecule has 476 valence electrons. The molecule has 15 aromatic carbocycles. The van der Waals surface area contributed by atoms with E-state index >= 15 is 0 Å². The van der Waals surface area contributed by atoms with Crippen molar-refractivity contribution in [3.63, 3.8) is 0 Å². The summed E-state index contributed by atoms with van der Waals surface area (Å²) in [5, 5.41) is 7.00. The molecule has 3 aromatic heterocycles. The molecule has 101 heavy (non-hydrogen) atoms. The molecule has 18 aromatic rings. The van der Waals surface area contributed by atoms with Crippen molar-refractivity contribution < 1.29 is 8.83 Å². The van der Waals surface area contributed by atoms with E-state index in [2.05, 4.69) is 354 Å². The van der Waals surface area contributed by atoms with Crippen molar-refractivity contribution in [3.8, 4) is 66.8 Å². The molecular weight excluding hydrogens is 1230 g/mol. The van der Waals surface area contributed by atoms with Gasteiger partial charge in [-0.1, -0.05) is 267 Å². The van der Waals surface area contributed by atoms with Crippen molar-refractivity contribution in [2.75, 3.05) is 22.9 Å². The molecule has 6 heteroatoms. The van der Waals surface area contributed by atoms with Crippen LogP contribution >= 0.6 is 0 Å². The van der Waals surface area contributed by atoms with Crippen LogP contribution in [0.5, 0.6) is 0 Å². The first kappa shape index (κ1) is 58.5. The second-order valence-corrected chi connectivity index (χ2v) is 27.2. The lowest BCUT2D eigenvalue weighted by molar-refractivity contribution is 0.668. The van der Waals surface area contributed by atoms with Gasteiger partial charge in [0.2, 0.25) is 0 Å². The molecule has 0 atom stereocenters. The van der Waals surface area contributed by atoms with Crippen LogP contribution in [-0.2, 0) is 19.4 Å². The Morgan fingerprint density at radius 3 is 1.02 bits per heavy atom. The van der Waals surface area contributed by atoms with Gasteiger partial charge in [-0.15, -0.1) is 0 Å². The highest BCUT2D eigenvalue weighted by Crippen LogP contribution is 2.45. The van der Waals surface area contributed by atoms with Crippen LogP contribution in [-0.4, -0.2) is 24.4 Å². The maximum Gasteiger partial charge on any atom is 0.252 e. The van der Waals surface area contributed by atoms with Crippen LogP contribution in [0.1, 0.15) is 16.7 Å². The molecule has 5 nitrogen and oxygen atoms in total. The van der Waals surface area contributed by atoms with E-state index in [1.54, 1.807) is 0 Å². The fourth-order valence-electron chi connectivity index (χ4n) is 17.0. The van der Waals surface area contributed by atoms with E-state index in [0.29, 0.717) is 19.6 Å². The Balaban J connectivity index is 0.843. The standard InChI is InChI=1S/C95H66BN3O2/c1-5-23-63(24-6-1)71-35-21-36-72(64-25-7-2-8-26-64)75(71)51-53-97-87-49-45-67(69-43-47-81-79-33-15-19-41-91(79)100-93(81)59-69)57-83(87)96-84-58-68(70-44-48-82-80-34-16-20-42-92(80)101-94(82)60-70)46-50-88(84)98(54-52-76-73(65-27-9-3-10-28-65)37-22-38-74(76)66-29-11-4-12-30-66)90-56-62(55-89(97)95(90)96)61-99-85-39-17-13-31-77(85)78-32-14-18-40-86(78)99/h1-50,55-60H,51-54,61H2. The van der Waals surface area contributed by atoms with Crippen molar-refractivity contribution in [2.45, 2.75) is 19.4 Å².